The monoisotopic (exact) mass is 237 g/mol. The Kier molecular flexibility index (Phi) is 4.93. The van der Waals surface area contributed by atoms with Gasteiger partial charge in [0.15, 0.2) is 0 Å². The lowest BCUT2D eigenvalue weighted by molar-refractivity contribution is -0.384. The van der Waals surface area contributed by atoms with Crippen molar-refractivity contribution < 1.29 is 9.72 Å². The second-order valence-corrected chi connectivity index (χ2v) is 3.58. The van der Waals surface area contributed by atoms with E-state index < -0.39 is 4.92 Å². The van der Waals surface area contributed by atoms with Gasteiger partial charge in [-0.15, -0.1) is 0 Å². The summed E-state index contributed by atoms with van der Waals surface area (Å²) in [6, 6.07) is 5.83. The highest BCUT2D eigenvalue weighted by molar-refractivity contribution is 5.77. The maximum atomic E-state index is 11.3. The predicted octanol–water partition coefficient (Wildman–Crippen LogP) is 2.23. The second-order valence-electron chi connectivity index (χ2n) is 3.58. The van der Waals surface area contributed by atoms with Crippen LogP contribution in [0.5, 0.6) is 0 Å². The van der Waals surface area contributed by atoms with Gasteiger partial charge < -0.3 is 0 Å². The Morgan fingerprint density at radius 1 is 1.35 bits per heavy atom. The highest BCUT2D eigenvalue weighted by Crippen LogP contribution is 2.14. The maximum absolute atomic E-state index is 11.3. The van der Waals surface area contributed by atoms with Crippen molar-refractivity contribution in [2.75, 3.05) is 5.43 Å². The van der Waals surface area contributed by atoms with Crippen LogP contribution in [-0.4, -0.2) is 10.8 Å². The zero-order valence-corrected chi connectivity index (χ0v) is 9.60. The second kappa shape index (κ2) is 6.47. The summed E-state index contributed by atoms with van der Waals surface area (Å²) < 4.78 is 0. The molecule has 6 nitrogen and oxygen atoms in total. The van der Waals surface area contributed by atoms with Crippen LogP contribution in [0, 0.1) is 10.1 Å². The number of anilines is 1. The summed E-state index contributed by atoms with van der Waals surface area (Å²) in [5.41, 5.74) is 5.85. The molecule has 0 aliphatic carbocycles. The largest absolute Gasteiger partial charge is 0.299 e. The molecular formula is C11H15N3O3. The number of benzene rings is 1. The highest BCUT2D eigenvalue weighted by atomic mass is 16.6. The quantitative estimate of drug-likeness (QED) is 0.587. The van der Waals surface area contributed by atoms with Crippen LogP contribution in [0.3, 0.4) is 0 Å². The summed E-state index contributed by atoms with van der Waals surface area (Å²) >= 11 is 0. The molecule has 0 radical (unpaired) electrons. The normalized spacial score (nSPS) is 9.71. The van der Waals surface area contributed by atoms with Gasteiger partial charge in [0, 0.05) is 18.6 Å². The standard InChI is InChI=1S/C11H15N3O3/c1-2-3-4-11(15)13-12-9-5-7-10(8-6-9)14(16)17/h5-8,12H,2-4H2,1H3,(H,13,15). The number of rotatable bonds is 6. The lowest BCUT2D eigenvalue weighted by atomic mass is 10.2. The molecule has 0 saturated heterocycles. The van der Waals surface area contributed by atoms with E-state index in [2.05, 4.69) is 10.9 Å². The zero-order chi connectivity index (χ0) is 12.7. The van der Waals surface area contributed by atoms with Gasteiger partial charge in [-0.25, -0.2) is 0 Å². The van der Waals surface area contributed by atoms with Crippen LogP contribution in [0.4, 0.5) is 11.4 Å². The third-order valence-electron chi connectivity index (χ3n) is 2.18. The number of carbonyl (C=O) groups is 1. The molecule has 0 aliphatic heterocycles. The first-order chi connectivity index (χ1) is 8.13. The van der Waals surface area contributed by atoms with Gasteiger partial charge >= 0.3 is 0 Å². The van der Waals surface area contributed by atoms with Gasteiger partial charge in [0.1, 0.15) is 0 Å². The van der Waals surface area contributed by atoms with Crippen molar-refractivity contribution in [3.63, 3.8) is 0 Å². The number of nitrogens with one attached hydrogen (secondary N) is 2. The van der Waals surface area contributed by atoms with Gasteiger partial charge in [0.2, 0.25) is 5.91 Å². The van der Waals surface area contributed by atoms with Crippen LogP contribution in [0.25, 0.3) is 0 Å². The molecule has 1 amide bonds. The van der Waals surface area contributed by atoms with Crippen molar-refractivity contribution in [3.8, 4) is 0 Å². The number of nitro groups is 1. The number of non-ortho nitro benzene ring substituents is 1. The Labute approximate surface area is 99.1 Å². The molecule has 0 aliphatic rings. The molecule has 1 aromatic carbocycles. The van der Waals surface area contributed by atoms with Crippen molar-refractivity contribution in [1.29, 1.82) is 0 Å². The Balaban J connectivity index is 2.42. The lowest BCUT2D eigenvalue weighted by Gasteiger charge is -2.07. The number of hydrogen-bond acceptors (Lipinski definition) is 4. The van der Waals surface area contributed by atoms with Gasteiger partial charge in [-0.2, -0.15) is 0 Å². The van der Waals surface area contributed by atoms with Crippen LogP contribution in [0.15, 0.2) is 24.3 Å². The number of nitrogens with zero attached hydrogens (tertiary/aromatic N) is 1. The van der Waals surface area contributed by atoms with Crippen molar-refractivity contribution in [1.82, 2.24) is 5.43 Å². The first-order valence-electron chi connectivity index (χ1n) is 5.42. The summed E-state index contributed by atoms with van der Waals surface area (Å²) in [7, 11) is 0. The molecule has 17 heavy (non-hydrogen) atoms. The van der Waals surface area contributed by atoms with E-state index in [1.54, 1.807) is 0 Å². The number of hydrazine groups is 1. The highest BCUT2D eigenvalue weighted by Gasteiger charge is 2.04. The van der Waals surface area contributed by atoms with E-state index in [9.17, 15) is 14.9 Å². The molecule has 0 spiro atoms. The molecule has 92 valence electrons. The van der Waals surface area contributed by atoms with E-state index in [4.69, 9.17) is 0 Å². The fourth-order valence-corrected chi connectivity index (χ4v) is 1.21. The number of carbonyl (C=O) groups excluding carboxylic acids is 1. The first kappa shape index (κ1) is 13.0. The van der Waals surface area contributed by atoms with Crippen molar-refractivity contribution in [3.05, 3.63) is 34.4 Å². The van der Waals surface area contributed by atoms with E-state index in [0.717, 1.165) is 12.8 Å². The van der Waals surface area contributed by atoms with Crippen LogP contribution < -0.4 is 10.9 Å². The average molecular weight is 237 g/mol. The number of amides is 1. The zero-order valence-electron chi connectivity index (χ0n) is 9.60. The SMILES string of the molecule is CCCCC(=O)NNc1ccc([N+](=O)[O-])cc1. The topological polar surface area (TPSA) is 84.3 Å². The van der Waals surface area contributed by atoms with Gasteiger partial charge in [-0.05, 0) is 18.6 Å². The van der Waals surface area contributed by atoms with Gasteiger partial charge in [0.05, 0.1) is 10.6 Å². The third-order valence-corrected chi connectivity index (χ3v) is 2.18. The Hall–Kier alpha value is -2.11. The molecular weight excluding hydrogens is 222 g/mol. The number of unbranched alkanes of at least 4 members (excludes halogenated alkanes) is 1. The minimum atomic E-state index is -0.469. The molecule has 0 bridgehead atoms. The molecule has 0 unspecified atom stereocenters. The van der Waals surface area contributed by atoms with Crippen LogP contribution >= 0.6 is 0 Å². The molecule has 1 aromatic rings. The molecule has 2 N–H and O–H groups in total. The third kappa shape index (κ3) is 4.50. The predicted molar refractivity (Wildman–Crippen MR) is 64.4 cm³/mol. The van der Waals surface area contributed by atoms with Crippen LogP contribution in [0.1, 0.15) is 26.2 Å². The lowest BCUT2D eigenvalue weighted by Crippen LogP contribution is -2.28. The maximum Gasteiger partial charge on any atom is 0.269 e. The molecule has 0 atom stereocenters. The first-order valence-corrected chi connectivity index (χ1v) is 5.42. The molecule has 0 aromatic heterocycles. The molecule has 6 heteroatoms. The summed E-state index contributed by atoms with van der Waals surface area (Å²) in [6.07, 6.45) is 2.27. The number of hydrogen-bond donors (Lipinski definition) is 2. The van der Waals surface area contributed by atoms with Gasteiger partial charge in [-0.3, -0.25) is 25.8 Å². The van der Waals surface area contributed by atoms with E-state index in [1.165, 1.54) is 24.3 Å². The molecule has 0 saturated carbocycles. The summed E-state index contributed by atoms with van der Waals surface area (Å²) in [5, 5.41) is 10.4. The van der Waals surface area contributed by atoms with Gasteiger partial charge in [0.25, 0.3) is 5.69 Å². The number of nitro benzene ring substituents is 1. The van der Waals surface area contributed by atoms with Crippen molar-refractivity contribution in [2.24, 2.45) is 0 Å². The van der Waals surface area contributed by atoms with Crippen molar-refractivity contribution in [2.45, 2.75) is 26.2 Å². The Morgan fingerprint density at radius 2 is 2.00 bits per heavy atom. The smallest absolute Gasteiger partial charge is 0.269 e. The molecule has 0 fully saturated rings. The molecule has 1 rings (SSSR count). The van der Waals surface area contributed by atoms with Gasteiger partial charge in [-0.1, -0.05) is 13.3 Å². The van der Waals surface area contributed by atoms with Crippen LogP contribution in [-0.2, 0) is 4.79 Å². The minimum absolute atomic E-state index is 0.0212. The summed E-state index contributed by atoms with van der Waals surface area (Å²) in [5.74, 6) is -0.0924. The van der Waals surface area contributed by atoms with E-state index >= 15 is 0 Å². The summed E-state index contributed by atoms with van der Waals surface area (Å²) in [6.45, 7) is 2.01. The van der Waals surface area contributed by atoms with E-state index in [1.807, 2.05) is 6.92 Å². The van der Waals surface area contributed by atoms with E-state index in [0.29, 0.717) is 12.1 Å². The van der Waals surface area contributed by atoms with E-state index in [-0.39, 0.29) is 11.6 Å². The Morgan fingerprint density at radius 3 is 2.53 bits per heavy atom. The van der Waals surface area contributed by atoms with Crippen molar-refractivity contribution >= 4 is 17.3 Å². The summed E-state index contributed by atoms with van der Waals surface area (Å²) in [4.78, 5) is 21.2. The average Bonchev–Trinajstić information content (AvgIpc) is 2.34. The van der Waals surface area contributed by atoms with Crippen LogP contribution in [0.2, 0.25) is 0 Å². The minimum Gasteiger partial charge on any atom is -0.299 e. The Bertz CT molecular complexity index is 389. The molecule has 0 heterocycles. The fraction of sp³-hybridized carbons (Fsp3) is 0.364. The fourth-order valence-electron chi connectivity index (χ4n) is 1.21.